The van der Waals surface area contributed by atoms with E-state index in [1.165, 1.54) is 16.8 Å². The van der Waals surface area contributed by atoms with E-state index < -0.39 is 0 Å². The quantitative estimate of drug-likeness (QED) is 0.779. The Kier molecular flexibility index (Phi) is 3.20. The minimum atomic E-state index is 0.574. The number of rotatable bonds is 1. The zero-order valence-corrected chi connectivity index (χ0v) is 10.7. The lowest BCUT2D eigenvalue weighted by Crippen LogP contribution is -2.55. The summed E-state index contributed by atoms with van der Waals surface area (Å²) >= 11 is 0. The van der Waals surface area contributed by atoms with Crippen LogP contribution in [0.25, 0.3) is 0 Å². The molecule has 1 aliphatic heterocycles. The second-order valence-electron chi connectivity index (χ2n) is 5.11. The molecule has 0 aliphatic carbocycles. The van der Waals surface area contributed by atoms with Gasteiger partial charge >= 0.3 is 0 Å². The molecular weight excluding hydrogens is 196 g/mol. The van der Waals surface area contributed by atoms with Gasteiger partial charge in [-0.05, 0) is 51.0 Å². The summed E-state index contributed by atoms with van der Waals surface area (Å²) in [7, 11) is 0. The second-order valence-corrected chi connectivity index (χ2v) is 5.11. The van der Waals surface area contributed by atoms with Crippen molar-refractivity contribution in [1.29, 1.82) is 0 Å². The van der Waals surface area contributed by atoms with E-state index in [1.54, 1.807) is 0 Å². The van der Waals surface area contributed by atoms with E-state index in [0.29, 0.717) is 12.1 Å². The predicted octanol–water partition coefficient (Wildman–Crippen LogP) is 2.49. The molecule has 0 saturated carbocycles. The maximum atomic E-state index is 3.47. The number of anilines is 1. The third kappa shape index (κ3) is 2.22. The Morgan fingerprint density at radius 3 is 2.00 bits per heavy atom. The SMILES string of the molecule is Cc1cc(C)cc(N2C(C)CNCC2C)c1. The van der Waals surface area contributed by atoms with Crippen LogP contribution in [0.5, 0.6) is 0 Å². The monoisotopic (exact) mass is 218 g/mol. The van der Waals surface area contributed by atoms with Gasteiger partial charge in [0.2, 0.25) is 0 Å². The Labute approximate surface area is 98.7 Å². The van der Waals surface area contributed by atoms with Gasteiger partial charge in [0.1, 0.15) is 0 Å². The molecule has 1 fully saturated rings. The van der Waals surface area contributed by atoms with Crippen LogP contribution in [-0.2, 0) is 0 Å². The van der Waals surface area contributed by atoms with Crippen LogP contribution in [0.3, 0.4) is 0 Å². The fraction of sp³-hybridized carbons (Fsp3) is 0.571. The molecule has 0 aromatic heterocycles. The number of piperazine rings is 1. The Balaban J connectivity index is 2.33. The number of hydrogen-bond donors (Lipinski definition) is 1. The van der Waals surface area contributed by atoms with Crippen molar-refractivity contribution in [2.45, 2.75) is 39.8 Å². The molecule has 1 heterocycles. The van der Waals surface area contributed by atoms with Gasteiger partial charge in [0, 0.05) is 30.9 Å². The summed E-state index contributed by atoms with van der Waals surface area (Å²) in [6.45, 7) is 11.1. The summed E-state index contributed by atoms with van der Waals surface area (Å²) in [6.07, 6.45) is 0. The third-order valence-corrected chi connectivity index (χ3v) is 3.33. The zero-order chi connectivity index (χ0) is 11.7. The molecule has 16 heavy (non-hydrogen) atoms. The number of hydrogen-bond acceptors (Lipinski definition) is 2. The Morgan fingerprint density at radius 2 is 1.50 bits per heavy atom. The number of nitrogens with zero attached hydrogens (tertiary/aromatic N) is 1. The van der Waals surface area contributed by atoms with Crippen molar-refractivity contribution < 1.29 is 0 Å². The number of benzene rings is 1. The summed E-state index contributed by atoms with van der Waals surface area (Å²) in [5.41, 5.74) is 4.08. The minimum Gasteiger partial charge on any atom is -0.364 e. The van der Waals surface area contributed by atoms with Gasteiger partial charge < -0.3 is 10.2 Å². The first-order chi connectivity index (χ1) is 7.58. The van der Waals surface area contributed by atoms with Crippen LogP contribution in [0.1, 0.15) is 25.0 Å². The Morgan fingerprint density at radius 1 is 1.00 bits per heavy atom. The fourth-order valence-corrected chi connectivity index (χ4v) is 2.74. The summed E-state index contributed by atoms with van der Waals surface area (Å²) in [4.78, 5) is 2.54. The highest BCUT2D eigenvalue weighted by atomic mass is 15.2. The topological polar surface area (TPSA) is 15.3 Å². The molecule has 88 valence electrons. The Bertz CT molecular complexity index is 343. The van der Waals surface area contributed by atoms with Crippen molar-refractivity contribution >= 4 is 5.69 Å². The Hall–Kier alpha value is -1.02. The first-order valence-electron chi connectivity index (χ1n) is 6.15. The predicted molar refractivity (Wildman–Crippen MR) is 70.2 cm³/mol. The van der Waals surface area contributed by atoms with Gasteiger partial charge in [-0.3, -0.25) is 0 Å². The van der Waals surface area contributed by atoms with E-state index in [-0.39, 0.29) is 0 Å². The smallest absolute Gasteiger partial charge is 0.0389 e. The highest BCUT2D eigenvalue weighted by molar-refractivity contribution is 5.53. The van der Waals surface area contributed by atoms with Crippen molar-refractivity contribution in [3.63, 3.8) is 0 Å². The molecule has 0 amide bonds. The first kappa shape index (κ1) is 11.5. The first-order valence-corrected chi connectivity index (χ1v) is 6.15. The molecule has 2 atom stereocenters. The van der Waals surface area contributed by atoms with Crippen molar-refractivity contribution in [1.82, 2.24) is 5.32 Å². The molecule has 0 spiro atoms. The minimum absolute atomic E-state index is 0.574. The van der Waals surface area contributed by atoms with E-state index in [2.05, 4.69) is 56.1 Å². The van der Waals surface area contributed by atoms with E-state index >= 15 is 0 Å². The average Bonchev–Trinajstić information content (AvgIpc) is 2.15. The van der Waals surface area contributed by atoms with Gasteiger partial charge in [0.05, 0.1) is 0 Å². The second kappa shape index (κ2) is 4.46. The van der Waals surface area contributed by atoms with Crippen molar-refractivity contribution in [3.8, 4) is 0 Å². The normalized spacial score (nSPS) is 25.9. The summed E-state index contributed by atoms with van der Waals surface area (Å²) < 4.78 is 0. The molecule has 0 bridgehead atoms. The molecule has 1 N–H and O–H groups in total. The van der Waals surface area contributed by atoms with E-state index in [1.807, 2.05) is 0 Å². The maximum absolute atomic E-state index is 3.47. The summed E-state index contributed by atoms with van der Waals surface area (Å²) in [5.74, 6) is 0. The van der Waals surface area contributed by atoms with Gasteiger partial charge in [-0.25, -0.2) is 0 Å². The van der Waals surface area contributed by atoms with Crippen LogP contribution in [0, 0.1) is 13.8 Å². The van der Waals surface area contributed by atoms with Gasteiger partial charge in [0.15, 0.2) is 0 Å². The standard InChI is InChI=1S/C14H22N2/c1-10-5-11(2)7-14(6-10)16-12(3)8-15-9-13(16)4/h5-7,12-13,15H,8-9H2,1-4H3. The molecule has 1 aliphatic rings. The van der Waals surface area contributed by atoms with Crippen molar-refractivity contribution in [2.75, 3.05) is 18.0 Å². The van der Waals surface area contributed by atoms with Crippen LogP contribution in [0.4, 0.5) is 5.69 Å². The molecule has 2 nitrogen and oxygen atoms in total. The van der Waals surface area contributed by atoms with Gasteiger partial charge in [-0.1, -0.05) is 6.07 Å². The third-order valence-electron chi connectivity index (χ3n) is 3.33. The molecular formula is C14H22N2. The lowest BCUT2D eigenvalue weighted by atomic mass is 10.1. The van der Waals surface area contributed by atoms with Crippen LogP contribution in [0.15, 0.2) is 18.2 Å². The van der Waals surface area contributed by atoms with Crippen molar-refractivity contribution in [2.24, 2.45) is 0 Å². The highest BCUT2D eigenvalue weighted by Gasteiger charge is 2.24. The van der Waals surface area contributed by atoms with Crippen LogP contribution in [0.2, 0.25) is 0 Å². The molecule has 1 aromatic rings. The lowest BCUT2D eigenvalue weighted by Gasteiger charge is -2.41. The van der Waals surface area contributed by atoms with E-state index in [4.69, 9.17) is 0 Å². The van der Waals surface area contributed by atoms with Crippen LogP contribution in [-0.4, -0.2) is 25.2 Å². The summed E-state index contributed by atoms with van der Waals surface area (Å²) in [5, 5.41) is 3.47. The molecule has 0 radical (unpaired) electrons. The molecule has 1 saturated heterocycles. The fourth-order valence-electron chi connectivity index (χ4n) is 2.74. The largest absolute Gasteiger partial charge is 0.364 e. The van der Waals surface area contributed by atoms with Gasteiger partial charge in [-0.2, -0.15) is 0 Å². The molecule has 2 rings (SSSR count). The van der Waals surface area contributed by atoms with Gasteiger partial charge in [0.25, 0.3) is 0 Å². The van der Waals surface area contributed by atoms with E-state index in [0.717, 1.165) is 13.1 Å². The van der Waals surface area contributed by atoms with Crippen LogP contribution < -0.4 is 10.2 Å². The van der Waals surface area contributed by atoms with Gasteiger partial charge in [-0.15, -0.1) is 0 Å². The molecule has 1 aromatic carbocycles. The lowest BCUT2D eigenvalue weighted by molar-refractivity contribution is 0.432. The zero-order valence-electron chi connectivity index (χ0n) is 10.7. The molecule has 2 heteroatoms. The number of nitrogens with one attached hydrogen (secondary N) is 1. The van der Waals surface area contributed by atoms with Crippen LogP contribution >= 0.6 is 0 Å². The number of aryl methyl sites for hydroxylation is 2. The van der Waals surface area contributed by atoms with Crippen molar-refractivity contribution in [3.05, 3.63) is 29.3 Å². The summed E-state index contributed by atoms with van der Waals surface area (Å²) in [6, 6.07) is 7.98. The van der Waals surface area contributed by atoms with E-state index in [9.17, 15) is 0 Å². The average molecular weight is 218 g/mol. The maximum Gasteiger partial charge on any atom is 0.0389 e. The highest BCUT2D eigenvalue weighted by Crippen LogP contribution is 2.24. The molecule has 2 unspecified atom stereocenters.